The third-order valence-corrected chi connectivity index (χ3v) is 6.65. The molecule has 1 aromatic heterocycles. The van der Waals surface area contributed by atoms with E-state index >= 15 is 4.39 Å². The van der Waals surface area contributed by atoms with Crippen LogP contribution in [0.2, 0.25) is 0 Å². The molecule has 0 bridgehead atoms. The number of alkyl halides is 1. The lowest BCUT2D eigenvalue weighted by Crippen LogP contribution is -2.53. The van der Waals surface area contributed by atoms with Crippen LogP contribution in [0, 0.1) is 0 Å². The van der Waals surface area contributed by atoms with Crippen molar-refractivity contribution in [2.45, 2.75) is 44.2 Å². The van der Waals surface area contributed by atoms with Crippen molar-refractivity contribution in [1.29, 1.82) is 0 Å². The maximum Gasteiger partial charge on any atom is 0.269 e. The molecular formula is C24H35FN6O2. The van der Waals surface area contributed by atoms with Gasteiger partial charge in [-0.3, -0.25) is 14.5 Å². The maximum atomic E-state index is 15.7. The number of halogens is 1. The van der Waals surface area contributed by atoms with Gasteiger partial charge in [-0.15, -0.1) is 0 Å². The molecule has 33 heavy (non-hydrogen) atoms. The number of carbonyl (C=O) groups is 1. The summed E-state index contributed by atoms with van der Waals surface area (Å²) in [7, 11) is 4.10. The van der Waals surface area contributed by atoms with Gasteiger partial charge in [-0.1, -0.05) is 12.2 Å². The molecule has 4 rings (SSSR count). The van der Waals surface area contributed by atoms with E-state index in [1.807, 2.05) is 0 Å². The number of nitrogens with one attached hydrogen (secondary N) is 2. The fraction of sp³-hybridized carbons (Fsp3) is 0.625. The first kappa shape index (κ1) is 23.6. The van der Waals surface area contributed by atoms with Crippen molar-refractivity contribution in [3.8, 4) is 0 Å². The monoisotopic (exact) mass is 458 g/mol. The molecule has 2 N–H and O–H groups in total. The molecule has 1 fully saturated rings. The van der Waals surface area contributed by atoms with Crippen LogP contribution >= 0.6 is 0 Å². The first-order valence-electron chi connectivity index (χ1n) is 11.9. The summed E-state index contributed by atoms with van der Waals surface area (Å²) >= 11 is 0. The highest BCUT2D eigenvalue weighted by Gasteiger charge is 2.41. The number of hydrogen-bond acceptors (Lipinski definition) is 6. The molecule has 0 radical (unpaired) electrons. The largest absolute Gasteiger partial charge is 0.383 e. The van der Waals surface area contributed by atoms with Crippen LogP contribution in [0.25, 0.3) is 0 Å². The van der Waals surface area contributed by atoms with Gasteiger partial charge < -0.3 is 15.1 Å². The molecule has 3 heterocycles. The normalized spacial score (nSPS) is 23.3. The van der Waals surface area contributed by atoms with E-state index in [0.29, 0.717) is 19.6 Å². The highest BCUT2D eigenvalue weighted by molar-refractivity contribution is 5.88. The van der Waals surface area contributed by atoms with Gasteiger partial charge in [-0.25, -0.2) is 9.49 Å². The van der Waals surface area contributed by atoms with E-state index in [2.05, 4.69) is 39.4 Å². The zero-order chi connectivity index (χ0) is 23.4. The Morgan fingerprint density at radius 2 is 2.15 bits per heavy atom. The maximum absolute atomic E-state index is 15.7. The van der Waals surface area contributed by atoms with Gasteiger partial charge in [0.15, 0.2) is 0 Å². The minimum Gasteiger partial charge on any atom is -0.383 e. The van der Waals surface area contributed by atoms with Crippen molar-refractivity contribution < 1.29 is 9.18 Å². The van der Waals surface area contributed by atoms with E-state index < -0.39 is 11.6 Å². The Hall–Kier alpha value is -2.52. The Labute approximate surface area is 194 Å². The number of anilines is 1. The molecule has 0 spiro atoms. The van der Waals surface area contributed by atoms with Gasteiger partial charge in [0.25, 0.3) is 11.5 Å². The number of aromatic nitrogens is 2. The van der Waals surface area contributed by atoms with Crippen molar-refractivity contribution >= 4 is 11.6 Å². The van der Waals surface area contributed by atoms with Gasteiger partial charge in [0, 0.05) is 44.6 Å². The molecule has 1 atom stereocenters. The Balaban J connectivity index is 1.37. The summed E-state index contributed by atoms with van der Waals surface area (Å²) in [5.74, 6) is -0.451. The van der Waals surface area contributed by atoms with E-state index in [9.17, 15) is 9.59 Å². The van der Waals surface area contributed by atoms with Gasteiger partial charge in [-0.05, 0) is 58.0 Å². The molecule has 1 aliphatic carbocycles. The average Bonchev–Trinajstić information content (AvgIpc) is 2.82. The summed E-state index contributed by atoms with van der Waals surface area (Å²) in [5, 5.41) is 10.1. The zero-order valence-electron chi connectivity index (χ0n) is 19.7. The summed E-state index contributed by atoms with van der Waals surface area (Å²) in [6.45, 7) is 4.74. The predicted molar refractivity (Wildman–Crippen MR) is 127 cm³/mol. The first-order valence-corrected chi connectivity index (χ1v) is 11.9. The van der Waals surface area contributed by atoms with Gasteiger partial charge >= 0.3 is 0 Å². The lowest BCUT2D eigenvalue weighted by molar-refractivity contribution is -0.145. The molecule has 0 aromatic carbocycles. The fourth-order valence-electron chi connectivity index (χ4n) is 4.81. The lowest BCUT2D eigenvalue weighted by atomic mass is 9.90. The second-order valence-corrected chi connectivity index (χ2v) is 9.58. The number of nitrogens with zero attached hydrogens (tertiary/aromatic N) is 4. The van der Waals surface area contributed by atoms with Crippen molar-refractivity contribution in [3.63, 3.8) is 0 Å². The molecular weight excluding hydrogens is 423 g/mol. The van der Waals surface area contributed by atoms with Gasteiger partial charge in [-0.2, -0.15) is 5.10 Å². The van der Waals surface area contributed by atoms with Crippen molar-refractivity contribution in [1.82, 2.24) is 24.9 Å². The summed E-state index contributed by atoms with van der Waals surface area (Å²) in [4.78, 5) is 31.2. The van der Waals surface area contributed by atoms with Crippen LogP contribution in [-0.2, 0) is 17.6 Å². The van der Waals surface area contributed by atoms with Crippen molar-refractivity contribution in [2.75, 3.05) is 58.8 Å². The molecule has 8 nitrogen and oxygen atoms in total. The summed E-state index contributed by atoms with van der Waals surface area (Å²) < 4.78 is 15.7. The molecule has 1 amide bonds. The molecule has 3 aliphatic rings. The number of H-pyrrole nitrogens is 1. The number of aromatic amines is 1. The minimum absolute atomic E-state index is 0.0216. The van der Waals surface area contributed by atoms with E-state index in [0.717, 1.165) is 74.4 Å². The zero-order valence-corrected chi connectivity index (χ0v) is 19.7. The summed E-state index contributed by atoms with van der Waals surface area (Å²) in [6.07, 6.45) is 8.93. The molecule has 2 aliphatic heterocycles. The van der Waals surface area contributed by atoms with Gasteiger partial charge in [0.05, 0.1) is 18.1 Å². The Bertz CT molecular complexity index is 988. The third kappa shape index (κ3) is 5.52. The van der Waals surface area contributed by atoms with Crippen molar-refractivity contribution in [2.24, 2.45) is 0 Å². The van der Waals surface area contributed by atoms with Gasteiger partial charge in [0.1, 0.15) is 0 Å². The average molecular weight is 459 g/mol. The molecule has 1 unspecified atom stereocenters. The van der Waals surface area contributed by atoms with E-state index in [4.69, 9.17) is 0 Å². The standard InChI is InChI=1S/C24H35FN6O2/c1-29(2)12-4-13-30-14-5-15-31(17-30)23(33)24(25)9-7-18(8-10-24)16-20-21-19(6-3-11-26-21)22(32)28-27-20/h7-9,26H,3-6,10-17H2,1-2H3,(H,28,32). The molecule has 9 heteroatoms. The van der Waals surface area contributed by atoms with Crippen LogP contribution in [0.4, 0.5) is 10.1 Å². The van der Waals surface area contributed by atoms with E-state index in [1.165, 1.54) is 6.08 Å². The molecule has 0 saturated carbocycles. The Kier molecular flexibility index (Phi) is 7.29. The first-order chi connectivity index (χ1) is 15.9. The Morgan fingerprint density at radius 3 is 2.91 bits per heavy atom. The van der Waals surface area contributed by atoms with Crippen LogP contribution in [0.15, 0.2) is 28.6 Å². The van der Waals surface area contributed by atoms with Crippen LogP contribution in [0.1, 0.15) is 36.9 Å². The molecule has 1 saturated heterocycles. The van der Waals surface area contributed by atoms with E-state index in [1.54, 1.807) is 17.1 Å². The minimum atomic E-state index is -2.01. The highest BCUT2D eigenvalue weighted by Crippen LogP contribution is 2.31. The second-order valence-electron chi connectivity index (χ2n) is 9.58. The predicted octanol–water partition coefficient (Wildman–Crippen LogP) is 1.71. The van der Waals surface area contributed by atoms with Crippen LogP contribution in [-0.4, -0.2) is 90.0 Å². The number of fused-ring (bicyclic) bond motifs is 1. The lowest BCUT2D eigenvalue weighted by Gasteiger charge is -2.38. The highest BCUT2D eigenvalue weighted by atomic mass is 19.1. The second kappa shape index (κ2) is 10.2. The number of hydrogen-bond donors (Lipinski definition) is 2. The Morgan fingerprint density at radius 1 is 1.30 bits per heavy atom. The SMILES string of the molecule is CN(C)CCCN1CCCN(C(=O)C2(F)C=CC(Cc3n[nH]c(=O)c4c3NCCC4)=CC2)C1. The smallest absolute Gasteiger partial charge is 0.269 e. The van der Waals surface area contributed by atoms with Crippen LogP contribution in [0.3, 0.4) is 0 Å². The topological polar surface area (TPSA) is 84.6 Å². The summed E-state index contributed by atoms with van der Waals surface area (Å²) in [6, 6.07) is 0. The van der Waals surface area contributed by atoms with Crippen LogP contribution in [0.5, 0.6) is 0 Å². The number of carbonyl (C=O) groups excluding carboxylic acids is 1. The molecule has 1 aromatic rings. The van der Waals surface area contributed by atoms with Gasteiger partial charge in [0.2, 0.25) is 5.67 Å². The van der Waals surface area contributed by atoms with E-state index in [-0.39, 0.29) is 12.0 Å². The fourth-order valence-corrected chi connectivity index (χ4v) is 4.81. The quantitative estimate of drug-likeness (QED) is 0.647. The summed E-state index contributed by atoms with van der Waals surface area (Å²) in [5.41, 5.74) is 1.03. The molecule has 180 valence electrons. The number of rotatable bonds is 7. The number of allylic oxidation sites excluding steroid dienone is 3. The van der Waals surface area contributed by atoms with Crippen molar-refractivity contribution in [3.05, 3.63) is 45.4 Å². The number of amides is 1. The van der Waals surface area contributed by atoms with Crippen LogP contribution < -0.4 is 10.9 Å². The third-order valence-electron chi connectivity index (χ3n) is 6.65.